The molecule has 0 bridgehead atoms. The maximum atomic E-state index is 4.44. The lowest BCUT2D eigenvalue weighted by molar-refractivity contribution is 0.332. The summed E-state index contributed by atoms with van der Waals surface area (Å²) in [6.07, 6.45) is 6.39. The van der Waals surface area contributed by atoms with Gasteiger partial charge < -0.3 is 4.57 Å². The van der Waals surface area contributed by atoms with Gasteiger partial charge in [-0.25, -0.2) is 0 Å². The maximum Gasteiger partial charge on any atom is 0.143 e. The third-order valence-corrected chi connectivity index (χ3v) is 4.31. The fourth-order valence-electron chi connectivity index (χ4n) is 2.74. The Morgan fingerprint density at radius 3 is 2.53 bits per heavy atom. The Balaban J connectivity index is 2.16. The van der Waals surface area contributed by atoms with Crippen LogP contribution in [-0.4, -0.2) is 14.8 Å². The second kappa shape index (κ2) is 5.98. The zero-order valence-corrected chi connectivity index (χ0v) is 12.4. The van der Waals surface area contributed by atoms with Crippen LogP contribution in [0, 0.1) is 5.92 Å². The average Bonchev–Trinajstić information content (AvgIpc) is 2.74. The summed E-state index contributed by atoms with van der Waals surface area (Å²) in [5, 5.41) is 9.56. The predicted octanol–water partition coefficient (Wildman–Crippen LogP) is 3.88. The zero-order valence-electron chi connectivity index (χ0n) is 10.8. The Hall–Kier alpha value is -0.380. The smallest absolute Gasteiger partial charge is 0.143 e. The van der Waals surface area contributed by atoms with Gasteiger partial charge in [-0.2, -0.15) is 0 Å². The molecule has 1 aromatic rings. The third-order valence-electron chi connectivity index (χ3n) is 3.80. The number of aromatic nitrogens is 3. The lowest BCUT2D eigenvalue weighted by Crippen LogP contribution is -2.16. The van der Waals surface area contributed by atoms with Crippen LogP contribution in [0.5, 0.6) is 0 Å². The molecule has 4 heteroatoms. The van der Waals surface area contributed by atoms with Crippen molar-refractivity contribution in [3.8, 4) is 0 Å². The molecule has 0 spiro atoms. The highest BCUT2D eigenvalue weighted by molar-refractivity contribution is 9.08. The SMILES string of the molecule is CCCn1c(CBr)nnc1C1CCC(C)CC1. The van der Waals surface area contributed by atoms with Crippen LogP contribution in [0.15, 0.2) is 0 Å². The van der Waals surface area contributed by atoms with Gasteiger partial charge in [0.2, 0.25) is 0 Å². The summed E-state index contributed by atoms with van der Waals surface area (Å²) < 4.78 is 2.33. The Morgan fingerprint density at radius 2 is 1.94 bits per heavy atom. The molecule has 0 aromatic carbocycles. The Labute approximate surface area is 112 Å². The van der Waals surface area contributed by atoms with E-state index in [1.807, 2.05) is 0 Å². The lowest BCUT2D eigenvalue weighted by Gasteiger charge is -2.26. The molecule has 17 heavy (non-hydrogen) atoms. The summed E-state index contributed by atoms with van der Waals surface area (Å²) in [7, 11) is 0. The summed E-state index contributed by atoms with van der Waals surface area (Å²) >= 11 is 3.50. The van der Waals surface area contributed by atoms with Gasteiger partial charge in [-0.1, -0.05) is 42.6 Å². The number of rotatable bonds is 4. The molecule has 1 aromatic heterocycles. The molecule has 0 aliphatic heterocycles. The van der Waals surface area contributed by atoms with E-state index in [0.29, 0.717) is 5.92 Å². The first-order valence-corrected chi connectivity index (χ1v) is 7.86. The molecule has 0 N–H and O–H groups in total. The quantitative estimate of drug-likeness (QED) is 0.790. The van der Waals surface area contributed by atoms with Crippen LogP contribution in [0.2, 0.25) is 0 Å². The molecule has 1 fully saturated rings. The molecule has 0 saturated heterocycles. The van der Waals surface area contributed by atoms with E-state index >= 15 is 0 Å². The largest absolute Gasteiger partial charge is 0.314 e. The van der Waals surface area contributed by atoms with Gasteiger partial charge in [0.05, 0.1) is 5.33 Å². The van der Waals surface area contributed by atoms with Crippen molar-refractivity contribution < 1.29 is 0 Å². The van der Waals surface area contributed by atoms with Crippen molar-refractivity contribution in [3.63, 3.8) is 0 Å². The van der Waals surface area contributed by atoms with Gasteiger partial charge in [0.25, 0.3) is 0 Å². The molecule has 3 nitrogen and oxygen atoms in total. The molecule has 0 atom stereocenters. The van der Waals surface area contributed by atoms with Gasteiger partial charge in [0.15, 0.2) is 0 Å². The summed E-state index contributed by atoms with van der Waals surface area (Å²) in [6.45, 7) is 5.62. The molecular formula is C13H22BrN3. The van der Waals surface area contributed by atoms with E-state index in [2.05, 4.69) is 44.5 Å². The molecule has 96 valence electrons. The van der Waals surface area contributed by atoms with Crippen LogP contribution in [0.1, 0.15) is 63.5 Å². The van der Waals surface area contributed by atoms with Crippen molar-refractivity contribution in [1.29, 1.82) is 0 Å². The summed E-state index contributed by atoms with van der Waals surface area (Å²) in [5.74, 6) is 3.84. The number of halogens is 1. The third kappa shape index (κ3) is 2.90. The average molecular weight is 300 g/mol. The van der Waals surface area contributed by atoms with Gasteiger partial charge in [-0.15, -0.1) is 10.2 Å². The van der Waals surface area contributed by atoms with Crippen molar-refractivity contribution >= 4 is 15.9 Å². The molecule has 1 aliphatic rings. The molecule has 1 heterocycles. The minimum Gasteiger partial charge on any atom is -0.314 e. The highest BCUT2D eigenvalue weighted by Crippen LogP contribution is 2.35. The minimum absolute atomic E-state index is 0.637. The monoisotopic (exact) mass is 299 g/mol. The molecule has 2 rings (SSSR count). The van der Waals surface area contributed by atoms with Crippen molar-refractivity contribution in [2.45, 2.75) is 63.7 Å². The van der Waals surface area contributed by atoms with Crippen LogP contribution in [-0.2, 0) is 11.9 Å². The number of alkyl halides is 1. The molecular weight excluding hydrogens is 278 g/mol. The Kier molecular flexibility index (Phi) is 4.60. The Morgan fingerprint density at radius 1 is 1.24 bits per heavy atom. The number of hydrogen-bond acceptors (Lipinski definition) is 2. The summed E-state index contributed by atoms with van der Waals surface area (Å²) in [4.78, 5) is 0. The molecule has 0 radical (unpaired) electrons. The molecule has 1 saturated carbocycles. The van der Waals surface area contributed by atoms with Gasteiger partial charge in [0.1, 0.15) is 11.6 Å². The van der Waals surface area contributed by atoms with Gasteiger partial charge in [-0.05, 0) is 25.2 Å². The zero-order chi connectivity index (χ0) is 12.3. The maximum absolute atomic E-state index is 4.44. The normalized spacial score (nSPS) is 25.1. The summed E-state index contributed by atoms with van der Waals surface area (Å²) in [6, 6.07) is 0. The van der Waals surface area contributed by atoms with Gasteiger partial charge in [0, 0.05) is 12.5 Å². The Bertz CT molecular complexity index is 354. The highest BCUT2D eigenvalue weighted by Gasteiger charge is 2.25. The van der Waals surface area contributed by atoms with Crippen LogP contribution >= 0.6 is 15.9 Å². The fourth-order valence-corrected chi connectivity index (χ4v) is 3.15. The topological polar surface area (TPSA) is 30.7 Å². The van der Waals surface area contributed by atoms with Crippen molar-refractivity contribution in [3.05, 3.63) is 11.6 Å². The first-order chi connectivity index (χ1) is 8.26. The number of hydrogen-bond donors (Lipinski definition) is 0. The van der Waals surface area contributed by atoms with Crippen molar-refractivity contribution in [1.82, 2.24) is 14.8 Å². The fraction of sp³-hybridized carbons (Fsp3) is 0.846. The van der Waals surface area contributed by atoms with E-state index in [4.69, 9.17) is 0 Å². The summed E-state index contributed by atoms with van der Waals surface area (Å²) in [5.41, 5.74) is 0. The van der Waals surface area contributed by atoms with Crippen LogP contribution in [0.25, 0.3) is 0 Å². The van der Waals surface area contributed by atoms with Crippen LogP contribution in [0.4, 0.5) is 0 Å². The van der Waals surface area contributed by atoms with E-state index in [1.165, 1.54) is 31.5 Å². The first kappa shape index (κ1) is 13.1. The van der Waals surface area contributed by atoms with Crippen molar-refractivity contribution in [2.24, 2.45) is 5.92 Å². The van der Waals surface area contributed by atoms with E-state index in [-0.39, 0.29) is 0 Å². The van der Waals surface area contributed by atoms with E-state index in [1.54, 1.807) is 0 Å². The number of nitrogens with zero attached hydrogens (tertiary/aromatic N) is 3. The second-order valence-electron chi connectivity index (χ2n) is 5.22. The molecule has 0 amide bonds. The minimum atomic E-state index is 0.637. The van der Waals surface area contributed by atoms with Gasteiger partial charge >= 0.3 is 0 Å². The molecule has 1 aliphatic carbocycles. The first-order valence-electron chi connectivity index (χ1n) is 6.74. The predicted molar refractivity (Wildman–Crippen MR) is 73.3 cm³/mol. The highest BCUT2D eigenvalue weighted by atomic mass is 79.9. The lowest BCUT2D eigenvalue weighted by atomic mass is 9.82. The van der Waals surface area contributed by atoms with Crippen LogP contribution < -0.4 is 0 Å². The standard InChI is InChI=1S/C13H22BrN3/c1-3-8-17-12(9-14)15-16-13(17)11-6-4-10(2)5-7-11/h10-11H,3-9H2,1-2H3. The second-order valence-corrected chi connectivity index (χ2v) is 5.78. The van der Waals surface area contributed by atoms with Crippen molar-refractivity contribution in [2.75, 3.05) is 0 Å². The van der Waals surface area contributed by atoms with Crippen LogP contribution in [0.3, 0.4) is 0 Å². The van der Waals surface area contributed by atoms with Gasteiger partial charge in [-0.3, -0.25) is 0 Å². The van der Waals surface area contributed by atoms with E-state index in [9.17, 15) is 0 Å². The molecule has 0 unspecified atom stereocenters. The van der Waals surface area contributed by atoms with E-state index in [0.717, 1.165) is 30.0 Å². The van der Waals surface area contributed by atoms with E-state index < -0.39 is 0 Å².